The topological polar surface area (TPSA) is 85.2 Å². The molecular formula is C14H18N4O2. The zero-order chi connectivity index (χ0) is 14.1. The standard InChI is InChI=1S/C14H18N4O2/c1-18(11-5-3-10(15)4-6-11)14(19)9-2-7-12-13(8-9)17-20-16-12/h2,7-8,10-11H,3-6,15H2,1H3/t10-,11-. The molecule has 106 valence electrons. The number of nitrogens with zero attached hydrogens (tertiary/aromatic N) is 3. The molecule has 1 fully saturated rings. The van der Waals surface area contributed by atoms with Crippen molar-refractivity contribution in [2.45, 2.75) is 37.8 Å². The van der Waals surface area contributed by atoms with E-state index in [-0.39, 0.29) is 18.0 Å². The van der Waals surface area contributed by atoms with E-state index in [2.05, 4.69) is 14.9 Å². The summed E-state index contributed by atoms with van der Waals surface area (Å²) in [6.07, 6.45) is 3.90. The summed E-state index contributed by atoms with van der Waals surface area (Å²) in [6, 6.07) is 5.80. The number of rotatable bonds is 2. The monoisotopic (exact) mass is 274 g/mol. The second kappa shape index (κ2) is 5.20. The van der Waals surface area contributed by atoms with Crippen LogP contribution in [0.3, 0.4) is 0 Å². The molecule has 1 aliphatic rings. The molecule has 20 heavy (non-hydrogen) atoms. The second-order valence-electron chi connectivity index (χ2n) is 5.45. The van der Waals surface area contributed by atoms with Crippen LogP contribution in [0.1, 0.15) is 36.0 Å². The van der Waals surface area contributed by atoms with Gasteiger partial charge in [0.2, 0.25) is 0 Å². The Hall–Kier alpha value is -1.95. The summed E-state index contributed by atoms with van der Waals surface area (Å²) in [5, 5.41) is 7.51. The van der Waals surface area contributed by atoms with Gasteiger partial charge in [0.15, 0.2) is 0 Å². The van der Waals surface area contributed by atoms with E-state index in [1.807, 2.05) is 11.9 Å². The van der Waals surface area contributed by atoms with E-state index < -0.39 is 0 Å². The molecule has 2 N–H and O–H groups in total. The van der Waals surface area contributed by atoms with Gasteiger partial charge in [0.05, 0.1) is 0 Å². The van der Waals surface area contributed by atoms with Crippen molar-refractivity contribution in [3.8, 4) is 0 Å². The Bertz CT molecular complexity index is 616. The average Bonchev–Trinajstić information content (AvgIpc) is 2.94. The van der Waals surface area contributed by atoms with E-state index in [1.54, 1.807) is 18.2 Å². The fourth-order valence-corrected chi connectivity index (χ4v) is 2.77. The molecule has 0 spiro atoms. The zero-order valence-electron chi connectivity index (χ0n) is 11.5. The minimum absolute atomic E-state index is 0.00960. The molecule has 6 nitrogen and oxygen atoms in total. The third-order valence-electron chi connectivity index (χ3n) is 4.11. The highest BCUT2D eigenvalue weighted by molar-refractivity contribution is 5.97. The van der Waals surface area contributed by atoms with Crippen molar-refractivity contribution in [2.75, 3.05) is 7.05 Å². The summed E-state index contributed by atoms with van der Waals surface area (Å²) in [6.45, 7) is 0. The van der Waals surface area contributed by atoms with Crippen LogP contribution in [0.25, 0.3) is 11.0 Å². The molecule has 3 rings (SSSR count). The Kier molecular flexibility index (Phi) is 3.40. The van der Waals surface area contributed by atoms with E-state index >= 15 is 0 Å². The van der Waals surface area contributed by atoms with E-state index in [1.165, 1.54) is 0 Å². The third kappa shape index (κ3) is 2.38. The fraction of sp³-hybridized carbons (Fsp3) is 0.500. The van der Waals surface area contributed by atoms with Crippen molar-refractivity contribution in [1.29, 1.82) is 0 Å². The smallest absolute Gasteiger partial charge is 0.253 e. The Morgan fingerprint density at radius 1 is 1.25 bits per heavy atom. The molecule has 0 saturated heterocycles. The molecule has 1 saturated carbocycles. The fourth-order valence-electron chi connectivity index (χ4n) is 2.77. The van der Waals surface area contributed by atoms with Crippen molar-refractivity contribution in [3.05, 3.63) is 23.8 Å². The van der Waals surface area contributed by atoms with Gasteiger partial charge in [-0.1, -0.05) is 0 Å². The van der Waals surface area contributed by atoms with Crippen LogP contribution in [0.15, 0.2) is 22.8 Å². The molecule has 0 unspecified atom stereocenters. The van der Waals surface area contributed by atoms with Crippen molar-refractivity contribution < 1.29 is 9.42 Å². The largest absolute Gasteiger partial charge is 0.339 e. The Morgan fingerprint density at radius 2 is 1.95 bits per heavy atom. The minimum atomic E-state index is 0.00960. The summed E-state index contributed by atoms with van der Waals surface area (Å²) in [4.78, 5) is 14.3. The average molecular weight is 274 g/mol. The van der Waals surface area contributed by atoms with Gasteiger partial charge >= 0.3 is 0 Å². The van der Waals surface area contributed by atoms with Gasteiger partial charge in [0.1, 0.15) is 11.0 Å². The molecule has 0 atom stereocenters. The van der Waals surface area contributed by atoms with E-state index in [4.69, 9.17) is 5.73 Å². The van der Waals surface area contributed by atoms with Crippen LogP contribution in [0.2, 0.25) is 0 Å². The van der Waals surface area contributed by atoms with Crippen LogP contribution in [0.4, 0.5) is 0 Å². The summed E-state index contributed by atoms with van der Waals surface area (Å²) < 4.78 is 4.65. The Balaban J connectivity index is 1.77. The van der Waals surface area contributed by atoms with Crippen LogP contribution >= 0.6 is 0 Å². The number of hydrogen-bond acceptors (Lipinski definition) is 5. The number of carbonyl (C=O) groups excluding carboxylic acids is 1. The summed E-state index contributed by atoms with van der Waals surface area (Å²) >= 11 is 0. The summed E-state index contributed by atoms with van der Waals surface area (Å²) in [7, 11) is 1.86. The third-order valence-corrected chi connectivity index (χ3v) is 4.11. The van der Waals surface area contributed by atoms with Crippen molar-refractivity contribution in [1.82, 2.24) is 15.2 Å². The molecule has 2 aromatic rings. The van der Waals surface area contributed by atoms with Crippen LogP contribution in [0, 0.1) is 0 Å². The normalized spacial score (nSPS) is 22.9. The summed E-state index contributed by atoms with van der Waals surface area (Å²) in [5.41, 5.74) is 7.79. The maximum Gasteiger partial charge on any atom is 0.253 e. The zero-order valence-corrected chi connectivity index (χ0v) is 11.5. The maximum atomic E-state index is 12.5. The van der Waals surface area contributed by atoms with E-state index in [0.29, 0.717) is 16.6 Å². The predicted molar refractivity (Wildman–Crippen MR) is 74.1 cm³/mol. The highest BCUT2D eigenvalue weighted by Crippen LogP contribution is 2.23. The SMILES string of the molecule is CN(C(=O)c1ccc2nonc2c1)[C@H]1CC[C@H](N)CC1. The molecule has 1 aromatic carbocycles. The lowest BCUT2D eigenvalue weighted by Gasteiger charge is -2.33. The molecule has 1 amide bonds. The van der Waals surface area contributed by atoms with Gasteiger partial charge in [-0.2, -0.15) is 0 Å². The molecule has 0 radical (unpaired) electrons. The lowest BCUT2D eigenvalue weighted by Crippen LogP contribution is -2.41. The number of amides is 1. The highest BCUT2D eigenvalue weighted by Gasteiger charge is 2.25. The van der Waals surface area contributed by atoms with Crippen molar-refractivity contribution >= 4 is 16.9 Å². The quantitative estimate of drug-likeness (QED) is 0.898. The van der Waals surface area contributed by atoms with Crippen LogP contribution in [0.5, 0.6) is 0 Å². The Labute approximate surface area is 116 Å². The maximum absolute atomic E-state index is 12.5. The second-order valence-corrected chi connectivity index (χ2v) is 5.45. The molecule has 6 heteroatoms. The number of benzene rings is 1. The number of carbonyl (C=O) groups is 1. The number of aromatic nitrogens is 2. The lowest BCUT2D eigenvalue weighted by molar-refractivity contribution is 0.0690. The van der Waals surface area contributed by atoms with Crippen LogP contribution in [-0.2, 0) is 0 Å². The van der Waals surface area contributed by atoms with Crippen LogP contribution in [-0.4, -0.2) is 40.3 Å². The molecule has 1 aromatic heterocycles. The molecule has 1 heterocycles. The molecule has 0 bridgehead atoms. The van der Waals surface area contributed by atoms with E-state index in [0.717, 1.165) is 25.7 Å². The van der Waals surface area contributed by atoms with Crippen molar-refractivity contribution in [2.24, 2.45) is 5.73 Å². The predicted octanol–water partition coefficient (Wildman–Crippen LogP) is 1.56. The Morgan fingerprint density at radius 3 is 2.70 bits per heavy atom. The lowest BCUT2D eigenvalue weighted by atomic mass is 9.90. The first-order valence-electron chi connectivity index (χ1n) is 6.90. The number of fused-ring (bicyclic) bond motifs is 1. The number of hydrogen-bond donors (Lipinski definition) is 1. The molecule has 0 aliphatic heterocycles. The van der Waals surface area contributed by atoms with Gasteiger partial charge in [-0.25, -0.2) is 4.63 Å². The molecular weight excluding hydrogens is 256 g/mol. The minimum Gasteiger partial charge on any atom is -0.339 e. The van der Waals surface area contributed by atoms with Gasteiger partial charge in [-0.3, -0.25) is 4.79 Å². The first-order chi connectivity index (χ1) is 9.65. The van der Waals surface area contributed by atoms with Gasteiger partial charge in [0, 0.05) is 24.7 Å². The van der Waals surface area contributed by atoms with Gasteiger partial charge in [-0.05, 0) is 54.2 Å². The van der Waals surface area contributed by atoms with Gasteiger partial charge < -0.3 is 10.6 Å². The van der Waals surface area contributed by atoms with Crippen LogP contribution < -0.4 is 5.73 Å². The molecule has 1 aliphatic carbocycles. The summed E-state index contributed by atoms with van der Waals surface area (Å²) in [5.74, 6) is 0.00960. The van der Waals surface area contributed by atoms with Crippen molar-refractivity contribution in [3.63, 3.8) is 0 Å². The first-order valence-corrected chi connectivity index (χ1v) is 6.90. The first kappa shape index (κ1) is 13.1. The highest BCUT2D eigenvalue weighted by atomic mass is 16.6. The van der Waals surface area contributed by atoms with Gasteiger partial charge in [-0.15, -0.1) is 0 Å². The number of nitrogens with two attached hydrogens (primary N) is 1. The van der Waals surface area contributed by atoms with E-state index in [9.17, 15) is 4.79 Å². The van der Waals surface area contributed by atoms with Gasteiger partial charge in [0.25, 0.3) is 5.91 Å².